The van der Waals surface area contributed by atoms with Crippen molar-refractivity contribution in [3.63, 3.8) is 0 Å². The van der Waals surface area contributed by atoms with Crippen LogP contribution in [0.2, 0.25) is 0 Å². The fourth-order valence-electron chi connectivity index (χ4n) is 5.05. The number of carbonyl (C=O) groups is 2. The van der Waals surface area contributed by atoms with Crippen LogP contribution in [-0.4, -0.2) is 35.7 Å². The molecule has 0 aromatic heterocycles. The van der Waals surface area contributed by atoms with Gasteiger partial charge in [0.05, 0.1) is 18.0 Å². The predicted molar refractivity (Wildman–Crippen MR) is 175 cm³/mol. The van der Waals surface area contributed by atoms with Crippen molar-refractivity contribution in [2.24, 2.45) is 0 Å². The van der Waals surface area contributed by atoms with E-state index < -0.39 is 0 Å². The van der Waals surface area contributed by atoms with Crippen LogP contribution in [0.25, 0.3) is 0 Å². The maximum absolute atomic E-state index is 12.6. The normalized spacial score (nSPS) is 12.7. The number of hydrogen-bond donors (Lipinski definition) is 1. The maximum Gasteiger partial charge on any atom is 0.262 e. The molecule has 0 fully saturated rings. The van der Waals surface area contributed by atoms with Gasteiger partial charge in [0.15, 0.2) is 23.9 Å². The van der Waals surface area contributed by atoms with E-state index in [1.54, 1.807) is 18.2 Å². The number of hydrogen-bond acceptors (Lipinski definition) is 6. The Morgan fingerprint density at radius 2 is 1.50 bits per heavy atom. The van der Waals surface area contributed by atoms with Gasteiger partial charge in [-0.1, -0.05) is 95.8 Å². The molecule has 6 nitrogen and oxygen atoms in total. The first-order chi connectivity index (χ1) is 20.5. The third-order valence-electron chi connectivity index (χ3n) is 7.41. The molecule has 0 bridgehead atoms. The number of nitrogens with one attached hydrogen (secondary N) is 1. The molecular formula is C35H50N2O4S. The Labute approximate surface area is 257 Å². The van der Waals surface area contributed by atoms with E-state index >= 15 is 0 Å². The predicted octanol–water partition coefficient (Wildman–Crippen LogP) is 9.35. The van der Waals surface area contributed by atoms with Crippen molar-refractivity contribution >= 4 is 29.1 Å². The molecule has 1 heterocycles. The quantitative estimate of drug-likeness (QED) is 0.115. The molecule has 0 unspecified atom stereocenters. The van der Waals surface area contributed by atoms with Crippen LogP contribution in [0.4, 0.5) is 5.69 Å². The number of benzene rings is 2. The molecule has 0 atom stereocenters. The summed E-state index contributed by atoms with van der Waals surface area (Å²) in [5, 5.41) is 2.89. The lowest BCUT2D eigenvalue weighted by molar-refractivity contribution is -0.118. The molecule has 7 heteroatoms. The molecule has 42 heavy (non-hydrogen) atoms. The number of thioether (sulfide) groups is 1. The maximum atomic E-state index is 12.6. The van der Waals surface area contributed by atoms with Crippen LogP contribution in [0.3, 0.4) is 0 Å². The number of carbonyl (C=O) groups excluding carboxylic acids is 2. The van der Waals surface area contributed by atoms with Crippen molar-refractivity contribution in [1.29, 1.82) is 0 Å². The first-order valence-corrected chi connectivity index (χ1v) is 16.8. The SMILES string of the molecule is CCCCCCCCCCCCCCOc1c(OCC(=O)Nc2ccc(CN3C=C(C)SC3)cc2)cccc1C(C)=O. The zero-order valence-electron chi connectivity index (χ0n) is 25.9. The summed E-state index contributed by atoms with van der Waals surface area (Å²) in [6, 6.07) is 13.1. The lowest BCUT2D eigenvalue weighted by atomic mass is 10.1. The number of nitrogens with zero attached hydrogens (tertiary/aromatic N) is 1. The molecule has 1 amide bonds. The summed E-state index contributed by atoms with van der Waals surface area (Å²) >= 11 is 1.84. The number of unbranched alkanes of at least 4 members (excludes halogenated alkanes) is 11. The summed E-state index contributed by atoms with van der Waals surface area (Å²) in [5.41, 5.74) is 2.38. The third-order valence-corrected chi connectivity index (χ3v) is 8.43. The number of amides is 1. The minimum Gasteiger partial charge on any atom is -0.489 e. The lowest BCUT2D eigenvalue weighted by Gasteiger charge is -2.16. The first-order valence-electron chi connectivity index (χ1n) is 15.8. The molecular weight excluding hydrogens is 544 g/mol. The summed E-state index contributed by atoms with van der Waals surface area (Å²) in [4.78, 5) is 28.5. The van der Waals surface area contributed by atoms with E-state index in [9.17, 15) is 9.59 Å². The van der Waals surface area contributed by atoms with E-state index in [4.69, 9.17) is 9.47 Å². The number of Topliss-reactive ketones (excluding diaryl/α,β-unsaturated/α-hetero) is 1. The number of para-hydroxylation sites is 1. The van der Waals surface area contributed by atoms with Crippen molar-refractivity contribution in [2.75, 3.05) is 24.4 Å². The fourth-order valence-corrected chi connectivity index (χ4v) is 5.81. The average molecular weight is 595 g/mol. The Hall–Kier alpha value is -2.93. The number of allylic oxidation sites excluding steroid dienone is 1. The van der Waals surface area contributed by atoms with Gasteiger partial charge in [-0.25, -0.2) is 0 Å². The van der Waals surface area contributed by atoms with E-state index in [0.29, 0.717) is 23.7 Å². The van der Waals surface area contributed by atoms with Crippen LogP contribution in [0.15, 0.2) is 53.6 Å². The Kier molecular flexibility index (Phi) is 15.4. The second kappa shape index (κ2) is 19.3. The van der Waals surface area contributed by atoms with Crippen molar-refractivity contribution in [3.05, 3.63) is 64.7 Å². The Bertz CT molecular complexity index is 1130. The summed E-state index contributed by atoms with van der Waals surface area (Å²) in [7, 11) is 0. The van der Waals surface area contributed by atoms with E-state index in [1.807, 2.05) is 36.0 Å². The average Bonchev–Trinajstić information content (AvgIpc) is 3.39. The molecule has 0 saturated carbocycles. The molecule has 230 valence electrons. The zero-order valence-corrected chi connectivity index (χ0v) is 26.7. The minimum atomic E-state index is -0.266. The standard InChI is InChI=1S/C35H50N2O4S/c1-4-5-6-7-8-9-10-11-12-13-14-15-23-40-35-32(29(3)38)17-16-18-33(35)41-26-34(39)36-31-21-19-30(20-22-31)25-37-24-28(2)42-27-37/h16-22,24H,4-15,23,25-27H2,1-3H3,(H,36,39). The largest absolute Gasteiger partial charge is 0.489 e. The van der Waals surface area contributed by atoms with Crippen molar-refractivity contribution in [2.45, 2.75) is 104 Å². The van der Waals surface area contributed by atoms with Gasteiger partial charge < -0.3 is 19.7 Å². The van der Waals surface area contributed by atoms with Crippen LogP contribution in [0, 0.1) is 0 Å². The minimum absolute atomic E-state index is 0.0899. The van der Waals surface area contributed by atoms with Crippen molar-refractivity contribution in [1.82, 2.24) is 4.90 Å². The molecule has 0 spiro atoms. The molecule has 1 N–H and O–H groups in total. The Morgan fingerprint density at radius 1 is 0.857 bits per heavy atom. The highest BCUT2D eigenvalue weighted by Crippen LogP contribution is 2.32. The summed E-state index contributed by atoms with van der Waals surface area (Å²) in [5.74, 6) is 1.45. The zero-order chi connectivity index (χ0) is 30.0. The van der Waals surface area contributed by atoms with Crippen LogP contribution >= 0.6 is 11.8 Å². The number of ketones is 1. The fraction of sp³-hybridized carbons (Fsp3) is 0.543. The molecule has 1 aliphatic rings. The highest BCUT2D eigenvalue weighted by Gasteiger charge is 2.16. The lowest BCUT2D eigenvalue weighted by Crippen LogP contribution is -2.20. The highest BCUT2D eigenvalue weighted by molar-refractivity contribution is 8.03. The van der Waals surface area contributed by atoms with Gasteiger partial charge >= 0.3 is 0 Å². The van der Waals surface area contributed by atoms with Gasteiger partial charge in [0.25, 0.3) is 5.91 Å². The Balaban J connectivity index is 1.38. The number of ether oxygens (including phenoxy) is 2. The monoisotopic (exact) mass is 594 g/mol. The van der Waals surface area contributed by atoms with Gasteiger partial charge in [0.2, 0.25) is 0 Å². The Morgan fingerprint density at radius 3 is 2.10 bits per heavy atom. The van der Waals surface area contributed by atoms with E-state index in [2.05, 4.69) is 30.3 Å². The summed E-state index contributed by atoms with van der Waals surface area (Å²) in [6.07, 6.45) is 17.5. The molecule has 1 aliphatic heterocycles. The number of anilines is 1. The first kappa shape index (κ1) is 33.6. The number of rotatable bonds is 21. The van der Waals surface area contributed by atoms with E-state index in [-0.39, 0.29) is 18.3 Å². The van der Waals surface area contributed by atoms with Crippen LogP contribution in [0.1, 0.15) is 114 Å². The van der Waals surface area contributed by atoms with Crippen molar-refractivity contribution in [3.8, 4) is 11.5 Å². The smallest absolute Gasteiger partial charge is 0.262 e. The van der Waals surface area contributed by atoms with E-state index in [1.165, 1.54) is 81.6 Å². The van der Waals surface area contributed by atoms with Gasteiger partial charge in [-0.3, -0.25) is 9.59 Å². The molecule has 2 aromatic carbocycles. The van der Waals surface area contributed by atoms with Gasteiger partial charge in [0, 0.05) is 18.4 Å². The second-order valence-electron chi connectivity index (χ2n) is 11.2. The van der Waals surface area contributed by atoms with Crippen LogP contribution in [0.5, 0.6) is 11.5 Å². The van der Waals surface area contributed by atoms with Crippen LogP contribution in [-0.2, 0) is 11.3 Å². The van der Waals surface area contributed by atoms with Crippen molar-refractivity contribution < 1.29 is 19.1 Å². The topological polar surface area (TPSA) is 67.9 Å². The molecule has 2 aromatic rings. The van der Waals surface area contributed by atoms with E-state index in [0.717, 1.165) is 31.0 Å². The second-order valence-corrected chi connectivity index (χ2v) is 12.4. The highest BCUT2D eigenvalue weighted by atomic mass is 32.2. The molecule has 0 radical (unpaired) electrons. The summed E-state index contributed by atoms with van der Waals surface area (Å²) in [6.45, 7) is 7.09. The van der Waals surface area contributed by atoms with Gasteiger partial charge in [-0.15, -0.1) is 11.8 Å². The van der Waals surface area contributed by atoms with Crippen LogP contribution < -0.4 is 14.8 Å². The molecule has 0 aliphatic carbocycles. The van der Waals surface area contributed by atoms with Gasteiger partial charge in [-0.2, -0.15) is 0 Å². The van der Waals surface area contributed by atoms with Gasteiger partial charge in [0.1, 0.15) is 0 Å². The van der Waals surface area contributed by atoms with Gasteiger partial charge in [-0.05, 0) is 55.0 Å². The molecule has 0 saturated heterocycles. The summed E-state index contributed by atoms with van der Waals surface area (Å²) < 4.78 is 11.9. The molecule has 3 rings (SSSR count). The third kappa shape index (κ3) is 12.5.